The third kappa shape index (κ3) is 1.56. The smallest absolute Gasteiger partial charge is 0.217 e. The van der Waals surface area contributed by atoms with Crippen LogP contribution in [0.25, 0.3) is 0 Å². The molecule has 80 valence electrons. The van der Waals surface area contributed by atoms with Gasteiger partial charge in [0, 0.05) is 19.9 Å². The number of aliphatic hydroxyl groups is 1. The molecule has 1 aromatic rings. The van der Waals surface area contributed by atoms with Crippen molar-refractivity contribution >= 4 is 15.9 Å². The van der Waals surface area contributed by atoms with Gasteiger partial charge in [-0.25, -0.2) is 9.67 Å². The Kier molecular flexibility index (Phi) is 2.14. The Bertz CT molecular complexity index is 441. The molecule has 0 aromatic carbocycles. The van der Waals surface area contributed by atoms with E-state index in [9.17, 15) is 5.11 Å². The summed E-state index contributed by atoms with van der Waals surface area (Å²) in [4.78, 5) is 4.11. The lowest BCUT2D eigenvalue weighted by Crippen LogP contribution is -2.48. The van der Waals surface area contributed by atoms with Gasteiger partial charge >= 0.3 is 0 Å². The summed E-state index contributed by atoms with van der Waals surface area (Å²) >= 11 is 3.16. The van der Waals surface area contributed by atoms with Crippen LogP contribution in [0.1, 0.15) is 25.6 Å². The molecule has 6 heteroatoms. The third-order valence-corrected chi connectivity index (χ3v) is 3.12. The van der Waals surface area contributed by atoms with E-state index >= 15 is 0 Å². The van der Waals surface area contributed by atoms with Crippen molar-refractivity contribution in [3.8, 4) is 6.07 Å². The molecular weight excluding hydrogens is 260 g/mol. The van der Waals surface area contributed by atoms with Crippen molar-refractivity contribution in [2.75, 3.05) is 0 Å². The van der Waals surface area contributed by atoms with E-state index in [0.29, 0.717) is 23.4 Å². The van der Waals surface area contributed by atoms with E-state index < -0.39 is 11.0 Å². The Balaban J connectivity index is 2.28. The molecule has 1 aliphatic rings. The maximum Gasteiger partial charge on any atom is 0.217 e. The molecule has 1 fully saturated rings. The van der Waals surface area contributed by atoms with E-state index in [2.05, 4.69) is 32.1 Å². The Morgan fingerprint density at radius 3 is 2.60 bits per heavy atom. The van der Waals surface area contributed by atoms with E-state index in [1.807, 2.05) is 6.92 Å². The molecule has 1 heterocycles. The third-order valence-electron chi connectivity index (χ3n) is 2.79. The van der Waals surface area contributed by atoms with Crippen LogP contribution in [0, 0.1) is 16.7 Å². The number of aromatic nitrogens is 3. The van der Waals surface area contributed by atoms with Gasteiger partial charge in [0.25, 0.3) is 0 Å². The predicted octanol–water partition coefficient (Wildman–Crippen LogP) is 1.09. The van der Waals surface area contributed by atoms with Crippen LogP contribution in [0.3, 0.4) is 0 Å². The van der Waals surface area contributed by atoms with E-state index in [-0.39, 0.29) is 0 Å². The highest BCUT2D eigenvalue weighted by atomic mass is 79.9. The summed E-state index contributed by atoms with van der Waals surface area (Å²) < 4.78 is 2.00. The van der Waals surface area contributed by atoms with Gasteiger partial charge in [0.2, 0.25) is 4.73 Å². The second-order valence-corrected chi connectivity index (χ2v) is 5.09. The predicted molar refractivity (Wildman–Crippen MR) is 55.6 cm³/mol. The maximum atomic E-state index is 10.2. The molecule has 0 unspecified atom stereocenters. The van der Waals surface area contributed by atoms with Crippen molar-refractivity contribution in [3.05, 3.63) is 10.6 Å². The summed E-state index contributed by atoms with van der Waals surface area (Å²) in [6.07, 6.45) is 0.824. The minimum Gasteiger partial charge on any atom is -0.382 e. The lowest BCUT2D eigenvalue weighted by Gasteiger charge is -2.46. The Hall–Kier alpha value is -0.930. The Labute approximate surface area is 95.9 Å². The van der Waals surface area contributed by atoms with E-state index in [4.69, 9.17) is 5.26 Å². The first-order valence-corrected chi connectivity index (χ1v) is 5.39. The lowest BCUT2D eigenvalue weighted by atomic mass is 9.60. The van der Waals surface area contributed by atoms with Crippen LogP contribution in [-0.2, 0) is 12.6 Å². The van der Waals surface area contributed by atoms with Gasteiger partial charge in [-0.1, -0.05) is 0 Å². The summed E-state index contributed by atoms with van der Waals surface area (Å²) in [5.74, 6) is 0.516. The fourth-order valence-corrected chi connectivity index (χ4v) is 2.64. The van der Waals surface area contributed by atoms with Crippen LogP contribution in [0.2, 0.25) is 0 Å². The number of aryl methyl sites for hydroxylation is 1. The lowest BCUT2D eigenvalue weighted by molar-refractivity contribution is -0.111. The summed E-state index contributed by atoms with van der Waals surface area (Å²) in [5.41, 5.74) is -1.44. The van der Waals surface area contributed by atoms with Gasteiger partial charge in [0.05, 0.1) is 11.5 Å². The van der Waals surface area contributed by atoms with E-state index in [0.717, 1.165) is 0 Å². The van der Waals surface area contributed by atoms with Crippen molar-refractivity contribution in [1.82, 2.24) is 14.8 Å². The fourth-order valence-electron chi connectivity index (χ4n) is 2.23. The largest absolute Gasteiger partial charge is 0.382 e. The molecule has 0 aliphatic heterocycles. The summed E-state index contributed by atoms with van der Waals surface area (Å²) in [7, 11) is 1.73. The highest BCUT2D eigenvalue weighted by molar-refractivity contribution is 9.10. The zero-order chi connectivity index (χ0) is 11.3. The Morgan fingerprint density at radius 1 is 1.60 bits per heavy atom. The SMILES string of the molecule is Cn1nc(Br)nc1C1(O)CC(C)(C#N)C1. The number of nitrogens with zero attached hydrogens (tertiary/aromatic N) is 4. The van der Waals surface area contributed by atoms with E-state index in [1.165, 1.54) is 0 Å². The van der Waals surface area contributed by atoms with Gasteiger partial charge in [-0.15, -0.1) is 5.10 Å². The topological polar surface area (TPSA) is 74.7 Å². The van der Waals surface area contributed by atoms with Gasteiger partial charge in [-0.2, -0.15) is 5.26 Å². The number of rotatable bonds is 1. The molecule has 0 atom stereocenters. The minimum atomic E-state index is -1.00. The average molecular weight is 271 g/mol. The molecule has 1 aliphatic carbocycles. The molecule has 5 nitrogen and oxygen atoms in total. The van der Waals surface area contributed by atoms with Crippen molar-refractivity contribution < 1.29 is 5.11 Å². The zero-order valence-corrected chi connectivity index (χ0v) is 10.1. The molecule has 2 rings (SSSR count). The number of hydrogen-bond acceptors (Lipinski definition) is 4. The highest BCUT2D eigenvalue weighted by Crippen LogP contribution is 2.52. The minimum absolute atomic E-state index is 0.412. The molecule has 0 spiro atoms. The second kappa shape index (κ2) is 3.03. The fraction of sp³-hybridized carbons (Fsp3) is 0.667. The van der Waals surface area contributed by atoms with Crippen molar-refractivity contribution in [2.45, 2.75) is 25.4 Å². The molecular formula is C9H11BrN4O. The Morgan fingerprint density at radius 2 is 2.20 bits per heavy atom. The van der Waals surface area contributed by atoms with Crippen molar-refractivity contribution in [3.63, 3.8) is 0 Å². The number of nitriles is 1. The van der Waals surface area contributed by atoms with Crippen LogP contribution in [0.15, 0.2) is 4.73 Å². The van der Waals surface area contributed by atoms with Gasteiger partial charge in [0.15, 0.2) is 5.82 Å². The zero-order valence-electron chi connectivity index (χ0n) is 8.53. The van der Waals surface area contributed by atoms with Crippen LogP contribution < -0.4 is 0 Å². The van der Waals surface area contributed by atoms with Gasteiger partial charge in [-0.3, -0.25) is 0 Å². The van der Waals surface area contributed by atoms with Crippen LogP contribution >= 0.6 is 15.9 Å². The second-order valence-electron chi connectivity index (χ2n) is 4.39. The molecule has 1 saturated carbocycles. The monoisotopic (exact) mass is 270 g/mol. The quantitative estimate of drug-likeness (QED) is 0.829. The molecule has 0 saturated heterocycles. The summed E-state index contributed by atoms with van der Waals surface area (Å²) in [6, 6.07) is 2.20. The van der Waals surface area contributed by atoms with Gasteiger partial charge in [0.1, 0.15) is 5.60 Å². The van der Waals surface area contributed by atoms with E-state index in [1.54, 1.807) is 11.7 Å². The average Bonchev–Trinajstić information content (AvgIpc) is 2.43. The van der Waals surface area contributed by atoms with Gasteiger partial charge < -0.3 is 5.11 Å². The van der Waals surface area contributed by atoms with Crippen LogP contribution in [0.4, 0.5) is 0 Å². The first kappa shape index (κ1) is 10.6. The normalized spacial score (nSPS) is 34.6. The van der Waals surface area contributed by atoms with Gasteiger partial charge in [-0.05, 0) is 22.9 Å². The summed E-state index contributed by atoms with van der Waals surface area (Å²) in [5, 5.41) is 23.1. The standard InChI is InChI=1S/C9H11BrN4O/c1-8(5-11)3-9(15,4-8)6-12-7(10)13-14(6)2/h15H,3-4H2,1-2H3. The highest BCUT2D eigenvalue weighted by Gasteiger charge is 2.55. The van der Waals surface area contributed by atoms with Crippen molar-refractivity contribution in [2.24, 2.45) is 12.5 Å². The first-order valence-electron chi connectivity index (χ1n) is 4.59. The molecule has 0 bridgehead atoms. The maximum absolute atomic E-state index is 10.2. The number of halogens is 1. The molecule has 1 N–H and O–H groups in total. The number of hydrogen-bond donors (Lipinski definition) is 1. The van der Waals surface area contributed by atoms with Crippen LogP contribution in [0.5, 0.6) is 0 Å². The molecule has 15 heavy (non-hydrogen) atoms. The molecule has 1 aromatic heterocycles. The van der Waals surface area contributed by atoms with Crippen LogP contribution in [-0.4, -0.2) is 19.9 Å². The first-order chi connectivity index (χ1) is 6.88. The molecule has 0 radical (unpaired) electrons. The van der Waals surface area contributed by atoms with Crippen molar-refractivity contribution in [1.29, 1.82) is 5.26 Å². The molecule has 0 amide bonds. The summed E-state index contributed by atoms with van der Waals surface area (Å²) in [6.45, 7) is 1.84.